The van der Waals surface area contributed by atoms with Gasteiger partial charge in [0.05, 0.1) is 11.5 Å². The molecule has 1 N–H and O–H groups in total. The molecule has 6 heteroatoms. The second-order valence-corrected chi connectivity index (χ2v) is 9.03. The molecule has 1 saturated heterocycles. The third kappa shape index (κ3) is 3.86. The minimum absolute atomic E-state index is 0.0976. The van der Waals surface area contributed by atoms with Crippen molar-refractivity contribution in [1.29, 1.82) is 0 Å². The summed E-state index contributed by atoms with van der Waals surface area (Å²) < 4.78 is 27.2. The predicted molar refractivity (Wildman–Crippen MR) is 86.0 cm³/mol. The maximum absolute atomic E-state index is 12.8. The Morgan fingerprint density at radius 1 is 1.38 bits per heavy atom. The summed E-state index contributed by atoms with van der Waals surface area (Å²) in [6, 6.07) is 1.63. The standard InChI is InChI=1S/C15H25NO3S2/c1-3-5-13-6-4-8-16(9-7-13)21(18,19)15-10-14(11-17)20-12(15)2/h10,13,17H,3-9,11H2,1-2H3. The molecule has 0 bridgehead atoms. The highest BCUT2D eigenvalue weighted by Crippen LogP contribution is 2.31. The van der Waals surface area contributed by atoms with Gasteiger partial charge in [-0.2, -0.15) is 4.31 Å². The lowest BCUT2D eigenvalue weighted by Crippen LogP contribution is -2.32. The zero-order chi connectivity index (χ0) is 15.5. The molecule has 120 valence electrons. The van der Waals surface area contributed by atoms with Gasteiger partial charge in [-0.05, 0) is 38.2 Å². The van der Waals surface area contributed by atoms with Crippen LogP contribution in [-0.4, -0.2) is 30.9 Å². The van der Waals surface area contributed by atoms with Crippen molar-refractivity contribution in [2.75, 3.05) is 13.1 Å². The van der Waals surface area contributed by atoms with Gasteiger partial charge in [0.15, 0.2) is 0 Å². The van der Waals surface area contributed by atoms with Crippen LogP contribution in [0.4, 0.5) is 0 Å². The lowest BCUT2D eigenvalue weighted by atomic mass is 9.96. The van der Waals surface area contributed by atoms with Crippen LogP contribution in [0.25, 0.3) is 0 Å². The molecule has 1 fully saturated rings. The lowest BCUT2D eigenvalue weighted by Gasteiger charge is -2.20. The third-order valence-corrected chi connectivity index (χ3v) is 7.39. The first-order chi connectivity index (χ1) is 9.98. The van der Waals surface area contributed by atoms with E-state index < -0.39 is 10.0 Å². The summed E-state index contributed by atoms with van der Waals surface area (Å²) in [6.45, 7) is 5.14. The largest absolute Gasteiger partial charge is 0.391 e. The summed E-state index contributed by atoms with van der Waals surface area (Å²) in [6.07, 6.45) is 5.40. The number of aliphatic hydroxyl groups excluding tert-OH is 1. The highest BCUT2D eigenvalue weighted by atomic mass is 32.2. The average Bonchev–Trinajstić information content (AvgIpc) is 2.68. The number of aryl methyl sites for hydroxylation is 1. The van der Waals surface area contributed by atoms with Gasteiger partial charge < -0.3 is 5.11 Å². The van der Waals surface area contributed by atoms with Crippen LogP contribution in [-0.2, 0) is 16.6 Å². The maximum atomic E-state index is 12.8. The zero-order valence-electron chi connectivity index (χ0n) is 12.8. The quantitative estimate of drug-likeness (QED) is 0.902. The van der Waals surface area contributed by atoms with Gasteiger partial charge in [0.25, 0.3) is 0 Å². The molecule has 0 aromatic carbocycles. The Morgan fingerprint density at radius 3 is 2.76 bits per heavy atom. The molecular weight excluding hydrogens is 306 g/mol. The van der Waals surface area contributed by atoms with E-state index in [9.17, 15) is 13.5 Å². The lowest BCUT2D eigenvalue weighted by molar-refractivity contribution is 0.285. The normalized spacial score (nSPS) is 21.4. The van der Waals surface area contributed by atoms with Crippen molar-refractivity contribution >= 4 is 21.4 Å². The molecule has 1 aliphatic heterocycles. The van der Waals surface area contributed by atoms with Gasteiger partial charge in [0, 0.05) is 22.8 Å². The fraction of sp³-hybridized carbons (Fsp3) is 0.733. The average molecular weight is 332 g/mol. The van der Waals surface area contributed by atoms with E-state index in [2.05, 4.69) is 6.92 Å². The second kappa shape index (κ2) is 7.22. The van der Waals surface area contributed by atoms with Gasteiger partial charge in [0.2, 0.25) is 10.0 Å². The van der Waals surface area contributed by atoms with Gasteiger partial charge in [-0.25, -0.2) is 8.42 Å². The molecule has 1 aromatic rings. The van der Waals surface area contributed by atoms with E-state index in [1.807, 2.05) is 6.92 Å². The van der Waals surface area contributed by atoms with Gasteiger partial charge in [-0.3, -0.25) is 0 Å². The summed E-state index contributed by atoms with van der Waals surface area (Å²) in [5.74, 6) is 0.659. The van der Waals surface area contributed by atoms with Crippen molar-refractivity contribution in [3.05, 3.63) is 15.8 Å². The molecule has 2 rings (SSSR count). The topological polar surface area (TPSA) is 57.6 Å². The Hall–Kier alpha value is -0.430. The summed E-state index contributed by atoms with van der Waals surface area (Å²) >= 11 is 1.36. The van der Waals surface area contributed by atoms with Gasteiger partial charge >= 0.3 is 0 Å². The molecule has 2 heterocycles. The van der Waals surface area contributed by atoms with E-state index >= 15 is 0 Å². The molecule has 4 nitrogen and oxygen atoms in total. The van der Waals surface area contributed by atoms with Crippen LogP contribution < -0.4 is 0 Å². The summed E-state index contributed by atoms with van der Waals surface area (Å²) in [5, 5.41) is 9.19. The fourth-order valence-electron chi connectivity index (χ4n) is 3.07. The molecule has 0 amide bonds. The molecule has 21 heavy (non-hydrogen) atoms. The molecule has 1 aromatic heterocycles. The number of thiophene rings is 1. The van der Waals surface area contributed by atoms with Crippen LogP contribution in [0.5, 0.6) is 0 Å². The minimum Gasteiger partial charge on any atom is -0.391 e. The van der Waals surface area contributed by atoms with Crippen LogP contribution >= 0.6 is 11.3 Å². The number of rotatable bonds is 5. The Kier molecular flexibility index (Phi) is 5.82. The van der Waals surface area contributed by atoms with Crippen LogP contribution in [0.3, 0.4) is 0 Å². The minimum atomic E-state index is -3.41. The van der Waals surface area contributed by atoms with Crippen molar-refractivity contribution < 1.29 is 13.5 Å². The SMILES string of the molecule is CCCC1CCCN(S(=O)(=O)c2cc(CO)sc2C)CC1. The molecule has 0 aliphatic carbocycles. The van der Waals surface area contributed by atoms with Crippen molar-refractivity contribution in [1.82, 2.24) is 4.31 Å². The Bertz CT molecular complexity index is 565. The Morgan fingerprint density at radius 2 is 2.14 bits per heavy atom. The number of hydrogen-bond donors (Lipinski definition) is 1. The molecule has 0 spiro atoms. The van der Waals surface area contributed by atoms with Crippen molar-refractivity contribution in [2.45, 2.75) is 57.5 Å². The molecule has 1 atom stereocenters. The number of sulfonamides is 1. The number of aliphatic hydroxyl groups is 1. The summed E-state index contributed by atoms with van der Waals surface area (Å²) in [7, 11) is -3.41. The van der Waals surface area contributed by atoms with E-state index in [4.69, 9.17) is 0 Å². The molecule has 1 unspecified atom stereocenters. The van der Waals surface area contributed by atoms with E-state index in [0.717, 1.165) is 24.1 Å². The summed E-state index contributed by atoms with van der Waals surface area (Å²) in [4.78, 5) is 1.86. The number of hydrogen-bond acceptors (Lipinski definition) is 4. The van der Waals surface area contributed by atoms with E-state index in [1.165, 1.54) is 24.2 Å². The van der Waals surface area contributed by atoms with Crippen molar-refractivity contribution in [3.63, 3.8) is 0 Å². The van der Waals surface area contributed by atoms with Gasteiger partial charge in [-0.1, -0.05) is 19.8 Å². The van der Waals surface area contributed by atoms with Crippen LogP contribution in [0.1, 0.15) is 48.8 Å². The van der Waals surface area contributed by atoms with Crippen molar-refractivity contribution in [3.8, 4) is 0 Å². The highest BCUT2D eigenvalue weighted by Gasteiger charge is 2.29. The predicted octanol–water partition coefficient (Wildman–Crippen LogP) is 3.14. The van der Waals surface area contributed by atoms with Crippen molar-refractivity contribution in [2.24, 2.45) is 5.92 Å². The van der Waals surface area contributed by atoms with Crippen LogP contribution in [0, 0.1) is 12.8 Å². The Balaban J connectivity index is 2.17. The Labute approximate surface area is 131 Å². The highest BCUT2D eigenvalue weighted by molar-refractivity contribution is 7.89. The molecule has 1 aliphatic rings. The molecular formula is C15H25NO3S2. The first-order valence-corrected chi connectivity index (χ1v) is 9.95. The number of nitrogens with zero attached hydrogens (tertiary/aromatic N) is 1. The first-order valence-electron chi connectivity index (χ1n) is 7.69. The van der Waals surface area contributed by atoms with E-state index in [0.29, 0.717) is 28.8 Å². The zero-order valence-corrected chi connectivity index (χ0v) is 14.5. The van der Waals surface area contributed by atoms with E-state index in [-0.39, 0.29) is 6.61 Å². The van der Waals surface area contributed by atoms with Gasteiger partial charge in [0.1, 0.15) is 0 Å². The molecule has 0 saturated carbocycles. The molecule has 0 radical (unpaired) electrons. The first kappa shape index (κ1) is 16.9. The van der Waals surface area contributed by atoms with Crippen LogP contribution in [0.15, 0.2) is 11.0 Å². The third-order valence-electron chi connectivity index (χ3n) is 4.20. The van der Waals surface area contributed by atoms with Gasteiger partial charge in [-0.15, -0.1) is 11.3 Å². The monoisotopic (exact) mass is 331 g/mol. The second-order valence-electron chi connectivity index (χ2n) is 5.78. The maximum Gasteiger partial charge on any atom is 0.244 e. The fourth-order valence-corrected chi connectivity index (χ4v) is 6.03. The summed E-state index contributed by atoms with van der Waals surface area (Å²) in [5.41, 5.74) is 0. The van der Waals surface area contributed by atoms with Crippen LogP contribution in [0.2, 0.25) is 0 Å². The van der Waals surface area contributed by atoms with E-state index in [1.54, 1.807) is 10.4 Å². The smallest absolute Gasteiger partial charge is 0.244 e.